The molecule has 0 aliphatic heterocycles. The highest BCUT2D eigenvalue weighted by Gasteiger charge is 2.14. The number of nitrogens with zero attached hydrogens (tertiary/aromatic N) is 3. The lowest BCUT2D eigenvalue weighted by atomic mass is 10.2. The molecule has 0 atom stereocenters. The van der Waals surface area contributed by atoms with Gasteiger partial charge in [0.25, 0.3) is 0 Å². The van der Waals surface area contributed by atoms with Gasteiger partial charge in [-0.15, -0.1) is 0 Å². The molecular weight excluding hydrogens is 262 g/mol. The number of ether oxygens (including phenoxy) is 4. The summed E-state index contributed by atoms with van der Waals surface area (Å²) in [6, 6.07) is 5.40. The number of hydrogen-bond donors (Lipinski definition) is 0. The van der Waals surface area contributed by atoms with Crippen LogP contribution in [0.25, 0.3) is 11.3 Å². The Morgan fingerprint density at radius 2 is 1.50 bits per heavy atom. The zero-order chi connectivity index (χ0) is 14.5. The lowest BCUT2D eigenvalue weighted by Crippen LogP contribution is -2.00. The van der Waals surface area contributed by atoms with Gasteiger partial charge in [-0.3, -0.25) is 0 Å². The largest absolute Gasteiger partial charge is 0.481 e. The van der Waals surface area contributed by atoms with Gasteiger partial charge in [-0.2, -0.15) is 15.0 Å². The van der Waals surface area contributed by atoms with Gasteiger partial charge in [0.2, 0.25) is 17.6 Å². The third kappa shape index (κ3) is 2.71. The van der Waals surface area contributed by atoms with E-state index >= 15 is 0 Å². The molecule has 0 aliphatic rings. The monoisotopic (exact) mass is 277 g/mol. The van der Waals surface area contributed by atoms with E-state index in [0.29, 0.717) is 28.9 Å². The molecule has 0 saturated heterocycles. The molecule has 2 heterocycles. The Morgan fingerprint density at radius 1 is 0.750 bits per heavy atom. The Kier molecular flexibility index (Phi) is 4.19. The fourth-order valence-corrected chi connectivity index (χ4v) is 1.63. The highest BCUT2D eigenvalue weighted by atomic mass is 16.5. The number of methoxy groups -OCH3 is 4. The molecule has 0 bridgehead atoms. The maximum Gasteiger partial charge on any atom is 0.320 e. The summed E-state index contributed by atoms with van der Waals surface area (Å²) in [5.74, 6) is 1.25. The summed E-state index contributed by atoms with van der Waals surface area (Å²) >= 11 is 0. The van der Waals surface area contributed by atoms with Crippen molar-refractivity contribution >= 4 is 0 Å². The maximum absolute atomic E-state index is 5.26. The second-order valence-electron chi connectivity index (χ2n) is 3.69. The lowest BCUT2D eigenvalue weighted by molar-refractivity contribution is 0.352. The summed E-state index contributed by atoms with van der Waals surface area (Å²) < 4.78 is 20.5. The molecule has 20 heavy (non-hydrogen) atoms. The van der Waals surface area contributed by atoms with Crippen LogP contribution >= 0.6 is 0 Å². The summed E-state index contributed by atoms with van der Waals surface area (Å²) in [4.78, 5) is 12.5. The van der Waals surface area contributed by atoms with Gasteiger partial charge in [-0.05, 0) is 6.07 Å². The fourth-order valence-electron chi connectivity index (χ4n) is 1.63. The number of rotatable bonds is 5. The summed E-state index contributed by atoms with van der Waals surface area (Å²) in [6.07, 6.45) is 0. The zero-order valence-electron chi connectivity index (χ0n) is 11.7. The molecule has 0 aliphatic carbocycles. The fraction of sp³-hybridized carbons (Fsp3) is 0.308. The molecule has 0 saturated carbocycles. The molecular formula is C13H15N3O4. The Morgan fingerprint density at radius 3 is 2.10 bits per heavy atom. The van der Waals surface area contributed by atoms with Crippen molar-refractivity contribution in [2.45, 2.75) is 0 Å². The van der Waals surface area contributed by atoms with E-state index in [1.54, 1.807) is 18.2 Å². The van der Waals surface area contributed by atoms with Crippen LogP contribution in [0.2, 0.25) is 0 Å². The van der Waals surface area contributed by atoms with Crippen molar-refractivity contribution in [2.24, 2.45) is 0 Å². The van der Waals surface area contributed by atoms with Crippen LogP contribution in [0.5, 0.6) is 23.7 Å². The predicted octanol–water partition coefficient (Wildman–Crippen LogP) is 1.57. The Labute approximate surface area is 116 Å². The molecule has 106 valence electrons. The quantitative estimate of drug-likeness (QED) is 0.821. The Hall–Kier alpha value is -2.57. The Balaban J connectivity index is 2.55. The van der Waals surface area contributed by atoms with E-state index in [1.165, 1.54) is 28.4 Å². The number of hydrogen-bond acceptors (Lipinski definition) is 7. The van der Waals surface area contributed by atoms with E-state index in [2.05, 4.69) is 15.0 Å². The van der Waals surface area contributed by atoms with Crippen LogP contribution in [0.15, 0.2) is 18.2 Å². The third-order valence-corrected chi connectivity index (χ3v) is 2.59. The summed E-state index contributed by atoms with van der Waals surface area (Å²) in [5, 5.41) is 0. The molecule has 0 spiro atoms. The molecule has 0 radical (unpaired) electrons. The molecule has 0 N–H and O–H groups in total. The molecule has 7 heteroatoms. The lowest BCUT2D eigenvalue weighted by Gasteiger charge is -2.10. The topological polar surface area (TPSA) is 75.6 Å². The van der Waals surface area contributed by atoms with Gasteiger partial charge in [-0.25, -0.2) is 0 Å². The Bertz CT molecular complexity index is 582. The van der Waals surface area contributed by atoms with Crippen molar-refractivity contribution in [2.75, 3.05) is 28.4 Å². The van der Waals surface area contributed by atoms with Gasteiger partial charge in [0.05, 0.1) is 39.7 Å². The van der Waals surface area contributed by atoms with Crippen LogP contribution in [-0.4, -0.2) is 43.4 Å². The first-order valence-electron chi connectivity index (χ1n) is 5.78. The normalized spacial score (nSPS) is 10.0. The van der Waals surface area contributed by atoms with E-state index in [-0.39, 0.29) is 6.01 Å². The van der Waals surface area contributed by atoms with E-state index in [4.69, 9.17) is 18.9 Å². The van der Waals surface area contributed by atoms with Crippen molar-refractivity contribution in [3.8, 4) is 34.9 Å². The first kappa shape index (κ1) is 13.9. The van der Waals surface area contributed by atoms with Gasteiger partial charge < -0.3 is 18.9 Å². The molecule has 0 amide bonds. The zero-order valence-corrected chi connectivity index (χ0v) is 11.7. The molecule has 0 unspecified atom stereocenters. The van der Waals surface area contributed by atoms with Crippen LogP contribution in [-0.2, 0) is 0 Å². The molecule has 0 fully saturated rings. The molecule has 0 aromatic carbocycles. The van der Waals surface area contributed by atoms with Gasteiger partial charge in [0, 0.05) is 12.1 Å². The van der Waals surface area contributed by atoms with Crippen LogP contribution in [0.1, 0.15) is 0 Å². The minimum atomic E-state index is 0.206. The van der Waals surface area contributed by atoms with Crippen molar-refractivity contribution in [1.29, 1.82) is 0 Å². The second-order valence-corrected chi connectivity index (χ2v) is 3.69. The van der Waals surface area contributed by atoms with E-state index < -0.39 is 0 Å². The summed E-state index contributed by atoms with van der Waals surface area (Å²) in [6.45, 7) is 0. The van der Waals surface area contributed by atoms with Crippen molar-refractivity contribution in [3.05, 3.63) is 18.2 Å². The van der Waals surface area contributed by atoms with Crippen molar-refractivity contribution in [3.63, 3.8) is 0 Å². The number of pyridine rings is 1. The molecule has 2 rings (SSSR count). The van der Waals surface area contributed by atoms with Gasteiger partial charge in [-0.1, -0.05) is 0 Å². The SMILES string of the molecule is COc1cc(-c2ccc(OC)nc2OC)nc(OC)n1. The van der Waals surface area contributed by atoms with E-state index in [9.17, 15) is 0 Å². The van der Waals surface area contributed by atoms with Gasteiger partial charge in [0.15, 0.2) is 0 Å². The highest BCUT2D eigenvalue weighted by molar-refractivity contribution is 5.66. The third-order valence-electron chi connectivity index (χ3n) is 2.59. The molecule has 2 aromatic heterocycles. The molecule has 7 nitrogen and oxygen atoms in total. The second kappa shape index (κ2) is 6.05. The highest BCUT2D eigenvalue weighted by Crippen LogP contribution is 2.31. The number of aromatic nitrogens is 3. The summed E-state index contributed by atoms with van der Waals surface area (Å²) in [7, 11) is 6.08. The standard InChI is InChI=1S/C13H15N3O4/c1-17-10-6-5-8(12(15-10)19-3)9-7-11(18-2)16-13(14-9)20-4/h5-7H,1-4H3. The minimum absolute atomic E-state index is 0.206. The molecule has 2 aromatic rings. The van der Waals surface area contributed by atoms with Crippen LogP contribution in [0.3, 0.4) is 0 Å². The van der Waals surface area contributed by atoms with Crippen LogP contribution in [0.4, 0.5) is 0 Å². The van der Waals surface area contributed by atoms with Crippen LogP contribution < -0.4 is 18.9 Å². The van der Waals surface area contributed by atoms with E-state index in [0.717, 1.165) is 0 Å². The first-order chi connectivity index (χ1) is 9.71. The smallest absolute Gasteiger partial charge is 0.320 e. The van der Waals surface area contributed by atoms with Gasteiger partial charge >= 0.3 is 6.01 Å². The predicted molar refractivity (Wildman–Crippen MR) is 71.5 cm³/mol. The van der Waals surface area contributed by atoms with Crippen molar-refractivity contribution in [1.82, 2.24) is 15.0 Å². The van der Waals surface area contributed by atoms with Crippen molar-refractivity contribution < 1.29 is 18.9 Å². The van der Waals surface area contributed by atoms with Crippen LogP contribution in [0, 0.1) is 0 Å². The minimum Gasteiger partial charge on any atom is -0.481 e. The van der Waals surface area contributed by atoms with Gasteiger partial charge in [0.1, 0.15) is 0 Å². The first-order valence-corrected chi connectivity index (χ1v) is 5.78. The summed E-state index contributed by atoms with van der Waals surface area (Å²) in [5.41, 5.74) is 1.27. The van der Waals surface area contributed by atoms with E-state index in [1.807, 2.05) is 0 Å². The average Bonchev–Trinajstić information content (AvgIpc) is 2.53. The average molecular weight is 277 g/mol. The maximum atomic E-state index is 5.26.